The van der Waals surface area contributed by atoms with Crippen molar-refractivity contribution < 1.29 is 40.3 Å². The van der Waals surface area contributed by atoms with Crippen LogP contribution in [0.2, 0.25) is 0 Å². The van der Waals surface area contributed by atoms with Gasteiger partial charge < -0.3 is 0 Å². The van der Waals surface area contributed by atoms with E-state index in [0.717, 1.165) is 0 Å². The molecule has 0 aliphatic carbocycles. The van der Waals surface area contributed by atoms with Gasteiger partial charge in [0.25, 0.3) is 0 Å². The third kappa shape index (κ3) is 8.82. The first-order valence-electron chi connectivity index (χ1n) is 0. The van der Waals surface area contributed by atoms with Gasteiger partial charge in [-0.15, -0.1) is 0 Å². The average Bonchev–Trinajstić information content (AvgIpc) is 0. The molecule has 17 valence electrons. The zero-order valence-electron chi connectivity index (χ0n) is 0.947. The molecule has 0 spiro atoms. The molecule has 0 amide bonds. The molecular formula is H4GaLiTiV. The van der Waals surface area contributed by atoms with Crippen molar-refractivity contribution in [3.63, 3.8) is 0 Å². The van der Waals surface area contributed by atoms with E-state index < -0.39 is 0 Å². The van der Waals surface area contributed by atoms with Gasteiger partial charge in [0.1, 0.15) is 0 Å². The van der Waals surface area contributed by atoms with Gasteiger partial charge in [-0.05, 0) is 0 Å². The zero-order valence-corrected chi connectivity index (χ0v) is 3.91. The van der Waals surface area contributed by atoms with E-state index in [1.165, 1.54) is 0 Å². The quantitative estimate of drug-likeness (QED) is 0.384. The molecule has 0 rings (SSSR count). The Morgan fingerprint density at radius 2 is 1.00 bits per heavy atom. The third-order valence-electron chi connectivity index (χ3n) is 0. The van der Waals surface area contributed by atoms with Gasteiger partial charge >= 0.3 is 38.7 Å². The predicted molar refractivity (Wildman–Crippen MR) is 17.1 cm³/mol. The second kappa shape index (κ2) is 17.7. The van der Waals surface area contributed by atoms with Crippen molar-refractivity contribution in [3.05, 3.63) is 0 Å². The van der Waals surface area contributed by atoms with E-state index in [2.05, 4.69) is 0 Å². The maximum atomic E-state index is 0. The van der Waals surface area contributed by atoms with Gasteiger partial charge in [-0.2, -0.15) is 0 Å². The smallest absolute Gasteiger partial charge is 0 e. The average molecular weight is 180 g/mol. The van der Waals surface area contributed by atoms with Gasteiger partial charge in [-0.1, -0.05) is 0 Å². The molecule has 0 saturated heterocycles. The Kier molecular flexibility index (Phi) is 138. The first-order valence-corrected chi connectivity index (χ1v) is 0. The Morgan fingerprint density at radius 3 is 1.00 bits per heavy atom. The van der Waals surface area contributed by atoms with Crippen LogP contribution < -0.4 is 0 Å². The summed E-state index contributed by atoms with van der Waals surface area (Å²) in [5.41, 5.74) is 0. The van der Waals surface area contributed by atoms with Crippen LogP contribution in [0.3, 0.4) is 0 Å². The van der Waals surface area contributed by atoms with E-state index in [9.17, 15) is 0 Å². The molecule has 0 nitrogen and oxygen atoms in total. The summed E-state index contributed by atoms with van der Waals surface area (Å²) in [6.07, 6.45) is 0. The Hall–Kier alpha value is 2.53. The van der Waals surface area contributed by atoms with Crippen LogP contribution in [0.5, 0.6) is 0 Å². The number of hydrogen-bond donors (Lipinski definition) is 0. The van der Waals surface area contributed by atoms with Crippen molar-refractivity contribution in [2.75, 3.05) is 0 Å². The topological polar surface area (TPSA) is 0 Å². The summed E-state index contributed by atoms with van der Waals surface area (Å²) in [4.78, 5) is 0. The van der Waals surface area contributed by atoms with Crippen LogP contribution in [0.25, 0.3) is 0 Å². The van der Waals surface area contributed by atoms with Crippen molar-refractivity contribution in [1.82, 2.24) is 0 Å². The van der Waals surface area contributed by atoms with Crippen LogP contribution in [0.4, 0.5) is 0 Å². The van der Waals surface area contributed by atoms with Crippen LogP contribution in [0.1, 0.15) is 0 Å². The van der Waals surface area contributed by atoms with Crippen LogP contribution in [-0.2, 0) is 40.3 Å². The van der Waals surface area contributed by atoms with Crippen LogP contribution in [0.15, 0.2) is 0 Å². The van der Waals surface area contributed by atoms with Gasteiger partial charge in [0.05, 0.1) is 0 Å². The largest absolute Gasteiger partial charge is 0 e. The maximum absolute atomic E-state index is 0. The van der Waals surface area contributed by atoms with Gasteiger partial charge in [0.15, 0.2) is 0 Å². The molecule has 0 aromatic heterocycles. The summed E-state index contributed by atoms with van der Waals surface area (Å²) in [6.45, 7) is 0. The summed E-state index contributed by atoms with van der Waals surface area (Å²) < 4.78 is 0. The van der Waals surface area contributed by atoms with Crippen molar-refractivity contribution >= 4 is 38.7 Å². The minimum absolute atomic E-state index is 0. The SMILES string of the molecule is [GaH3].[LiH].[Ti].[V]. The van der Waals surface area contributed by atoms with Crippen molar-refractivity contribution in [2.45, 2.75) is 0 Å². The molecule has 0 aliphatic heterocycles. The molecule has 0 bridgehead atoms. The monoisotopic (exact) mass is 179 g/mol. The summed E-state index contributed by atoms with van der Waals surface area (Å²) in [6, 6.07) is 0. The van der Waals surface area contributed by atoms with E-state index in [1.807, 2.05) is 0 Å². The molecule has 0 saturated carbocycles. The molecule has 0 heterocycles. The molecule has 0 unspecified atom stereocenters. The molecule has 0 atom stereocenters. The first kappa shape index (κ1) is 31.2. The normalized spacial score (nSPS) is 0. The van der Waals surface area contributed by atoms with E-state index in [4.69, 9.17) is 0 Å². The fourth-order valence-electron chi connectivity index (χ4n) is 0. The fraction of sp³-hybridized carbons (Fsp3) is 0. The third-order valence-corrected chi connectivity index (χ3v) is 0. The molecule has 0 aromatic carbocycles. The molecule has 4 heavy (non-hydrogen) atoms. The van der Waals surface area contributed by atoms with Crippen molar-refractivity contribution in [1.29, 1.82) is 0 Å². The van der Waals surface area contributed by atoms with Crippen LogP contribution in [0, 0.1) is 0 Å². The summed E-state index contributed by atoms with van der Waals surface area (Å²) in [5.74, 6) is 0. The number of rotatable bonds is 0. The summed E-state index contributed by atoms with van der Waals surface area (Å²) >= 11 is 0. The van der Waals surface area contributed by atoms with Crippen LogP contribution >= 0.6 is 0 Å². The molecule has 0 aliphatic rings. The minimum atomic E-state index is 0. The second-order valence-corrected chi connectivity index (χ2v) is 0. The first-order chi connectivity index (χ1) is 0. The van der Waals surface area contributed by atoms with Gasteiger partial charge in [0, 0.05) is 40.3 Å². The Balaban J connectivity index is 0. The molecule has 0 N–H and O–H groups in total. The zero-order chi connectivity index (χ0) is 0. The molecule has 4 heteroatoms. The fourth-order valence-corrected chi connectivity index (χ4v) is 0. The Labute approximate surface area is 77.9 Å². The van der Waals surface area contributed by atoms with Crippen molar-refractivity contribution in [3.8, 4) is 0 Å². The van der Waals surface area contributed by atoms with E-state index in [-0.39, 0.29) is 78.9 Å². The van der Waals surface area contributed by atoms with Crippen LogP contribution in [-0.4, -0.2) is 38.7 Å². The minimum Gasteiger partial charge on any atom is 0 e. The summed E-state index contributed by atoms with van der Waals surface area (Å²) in [5, 5.41) is 0. The van der Waals surface area contributed by atoms with Gasteiger partial charge in [-0.25, -0.2) is 0 Å². The maximum Gasteiger partial charge on any atom is 0 e. The Bertz CT molecular complexity index is 8.00. The predicted octanol–water partition coefficient (Wildman–Crippen LogP) is -1.84. The van der Waals surface area contributed by atoms with Crippen molar-refractivity contribution in [2.24, 2.45) is 0 Å². The van der Waals surface area contributed by atoms with E-state index >= 15 is 0 Å². The molecule has 0 aromatic rings. The molecule has 1 radical (unpaired) electrons. The standard InChI is InChI=1S/Ga.Li.Ti.V.4H. The second-order valence-electron chi connectivity index (χ2n) is 0. The van der Waals surface area contributed by atoms with Gasteiger partial charge in [-0.3, -0.25) is 0 Å². The molecule has 0 fully saturated rings. The van der Waals surface area contributed by atoms with E-state index in [1.54, 1.807) is 0 Å². The van der Waals surface area contributed by atoms with Gasteiger partial charge in [0.2, 0.25) is 0 Å². The summed E-state index contributed by atoms with van der Waals surface area (Å²) in [7, 11) is 0. The number of hydrogen-bond acceptors (Lipinski definition) is 0. The molecular weight excluding hydrogens is 175 g/mol. The van der Waals surface area contributed by atoms with E-state index in [0.29, 0.717) is 0 Å². The Morgan fingerprint density at radius 1 is 1.00 bits per heavy atom.